The van der Waals surface area contributed by atoms with Crippen molar-refractivity contribution in [2.75, 3.05) is 11.1 Å². The summed E-state index contributed by atoms with van der Waals surface area (Å²) in [6.45, 7) is 3.88. The van der Waals surface area contributed by atoms with Crippen molar-refractivity contribution in [3.63, 3.8) is 0 Å². The Morgan fingerprint density at radius 3 is 2.72 bits per heavy atom. The molecule has 0 aliphatic heterocycles. The minimum atomic E-state index is -0.105. The van der Waals surface area contributed by atoms with Gasteiger partial charge in [0.2, 0.25) is 11.0 Å². The van der Waals surface area contributed by atoms with Crippen LogP contribution in [-0.4, -0.2) is 32.1 Å². The topological polar surface area (TPSA) is 80.7 Å². The average Bonchev–Trinajstić information content (AvgIpc) is 2.95. The molecule has 9 heteroatoms. The van der Waals surface area contributed by atoms with Crippen molar-refractivity contribution >= 4 is 45.5 Å². The lowest BCUT2D eigenvalue weighted by Crippen LogP contribution is -2.13. The molecule has 18 heavy (non-hydrogen) atoms. The Kier molecular flexibility index (Phi) is 4.61. The molecule has 2 heterocycles. The summed E-state index contributed by atoms with van der Waals surface area (Å²) in [7, 11) is 0. The normalized spacial score (nSPS) is 10.6. The van der Waals surface area contributed by atoms with E-state index in [2.05, 4.69) is 25.7 Å². The molecule has 6 nitrogen and oxygen atoms in total. The maximum atomic E-state index is 11.7. The highest BCUT2D eigenvalue weighted by atomic mass is 32.2. The number of hydrogen-bond acceptors (Lipinski definition) is 8. The summed E-state index contributed by atoms with van der Waals surface area (Å²) >= 11 is 4.25. The van der Waals surface area contributed by atoms with Crippen LogP contribution in [0, 0.1) is 6.92 Å². The molecule has 0 atom stereocenters. The number of aromatic nitrogens is 4. The lowest BCUT2D eigenvalue weighted by molar-refractivity contribution is -0.113. The van der Waals surface area contributed by atoms with Crippen molar-refractivity contribution in [3.8, 4) is 0 Å². The van der Waals surface area contributed by atoms with E-state index in [0.29, 0.717) is 10.9 Å². The van der Waals surface area contributed by atoms with E-state index in [1.807, 2.05) is 13.8 Å². The third-order valence-electron chi connectivity index (χ3n) is 1.85. The summed E-state index contributed by atoms with van der Waals surface area (Å²) in [5.41, 5.74) is 0. The first kappa shape index (κ1) is 13.4. The molecule has 0 fully saturated rings. The summed E-state index contributed by atoms with van der Waals surface area (Å²) in [6, 6.07) is 0. The average molecular weight is 301 g/mol. The fraction of sp³-hybridized carbons (Fsp3) is 0.444. The van der Waals surface area contributed by atoms with Gasteiger partial charge in [0.05, 0.1) is 5.75 Å². The molecule has 96 valence electrons. The van der Waals surface area contributed by atoms with Crippen LogP contribution < -0.4 is 5.32 Å². The van der Waals surface area contributed by atoms with Gasteiger partial charge >= 0.3 is 0 Å². The molecule has 0 bridgehead atoms. The highest BCUT2D eigenvalue weighted by Crippen LogP contribution is 2.22. The van der Waals surface area contributed by atoms with Crippen LogP contribution in [0.4, 0.5) is 5.13 Å². The zero-order valence-corrected chi connectivity index (χ0v) is 12.3. The summed E-state index contributed by atoms with van der Waals surface area (Å²) in [6.07, 6.45) is 0.826. The number of carbonyl (C=O) groups excluding carboxylic acids is 1. The molecule has 0 aliphatic rings. The van der Waals surface area contributed by atoms with Crippen molar-refractivity contribution < 1.29 is 4.79 Å². The predicted octanol–water partition coefficient (Wildman–Crippen LogP) is 1.99. The van der Waals surface area contributed by atoms with Crippen LogP contribution in [0.1, 0.15) is 16.9 Å². The number of nitrogens with one attached hydrogen (secondary N) is 1. The van der Waals surface area contributed by atoms with Gasteiger partial charge in [0, 0.05) is 0 Å². The van der Waals surface area contributed by atoms with Crippen molar-refractivity contribution in [3.05, 3.63) is 10.0 Å². The summed E-state index contributed by atoms with van der Waals surface area (Å²) < 4.78 is 0.800. The van der Waals surface area contributed by atoms with E-state index >= 15 is 0 Å². The molecule has 2 rings (SSSR count). The third-order valence-corrected chi connectivity index (χ3v) is 4.80. The molecule has 1 N–H and O–H groups in total. The van der Waals surface area contributed by atoms with E-state index in [9.17, 15) is 4.79 Å². The maximum absolute atomic E-state index is 11.7. The van der Waals surface area contributed by atoms with Crippen LogP contribution in [-0.2, 0) is 11.2 Å². The molecule has 0 unspecified atom stereocenters. The Balaban J connectivity index is 1.81. The predicted molar refractivity (Wildman–Crippen MR) is 73.3 cm³/mol. The molecule has 2 aromatic heterocycles. The molecule has 0 aromatic carbocycles. The smallest absolute Gasteiger partial charge is 0.236 e. The van der Waals surface area contributed by atoms with Crippen LogP contribution >= 0.6 is 34.4 Å². The van der Waals surface area contributed by atoms with Gasteiger partial charge in [-0.05, 0) is 13.3 Å². The molecule has 0 saturated carbocycles. The van der Waals surface area contributed by atoms with E-state index < -0.39 is 0 Å². The second-order valence-electron chi connectivity index (χ2n) is 3.28. The summed E-state index contributed by atoms with van der Waals surface area (Å²) in [5.74, 6) is 0.196. The molecular formula is C9H11N5OS3. The number of nitrogens with zero attached hydrogens (tertiary/aromatic N) is 4. The SMILES string of the molecule is CCc1nnc(NC(=O)CSc2nnc(C)s2)s1. The molecule has 0 saturated heterocycles. The number of aryl methyl sites for hydroxylation is 2. The van der Waals surface area contributed by atoms with Crippen molar-refractivity contribution in [1.29, 1.82) is 0 Å². The minimum Gasteiger partial charge on any atom is -0.300 e. The second kappa shape index (κ2) is 6.21. The third kappa shape index (κ3) is 3.72. The Labute approximate surface area is 116 Å². The monoisotopic (exact) mass is 301 g/mol. The first-order chi connectivity index (χ1) is 8.67. The van der Waals surface area contributed by atoms with E-state index in [4.69, 9.17) is 0 Å². The largest absolute Gasteiger partial charge is 0.300 e. The van der Waals surface area contributed by atoms with E-state index in [1.165, 1.54) is 34.4 Å². The molecule has 1 amide bonds. The molecule has 0 aliphatic carbocycles. The molecule has 0 radical (unpaired) electrons. The van der Waals surface area contributed by atoms with Gasteiger partial charge in [0.15, 0.2) is 4.34 Å². The van der Waals surface area contributed by atoms with Gasteiger partial charge in [-0.15, -0.1) is 20.4 Å². The second-order valence-corrected chi connectivity index (χ2v) is 6.74. The fourth-order valence-electron chi connectivity index (χ4n) is 1.07. The Morgan fingerprint density at radius 2 is 2.11 bits per heavy atom. The van der Waals surface area contributed by atoms with Gasteiger partial charge < -0.3 is 0 Å². The number of rotatable bonds is 5. The maximum Gasteiger partial charge on any atom is 0.236 e. The van der Waals surface area contributed by atoms with Crippen molar-refractivity contribution in [2.24, 2.45) is 0 Å². The fourth-order valence-corrected chi connectivity index (χ4v) is 3.38. The van der Waals surface area contributed by atoms with Gasteiger partial charge in [-0.1, -0.05) is 41.4 Å². The highest BCUT2D eigenvalue weighted by molar-refractivity contribution is 8.01. The van der Waals surface area contributed by atoms with Crippen LogP contribution in [0.2, 0.25) is 0 Å². The summed E-state index contributed by atoms with van der Waals surface area (Å²) in [5, 5.41) is 20.7. The standard InChI is InChI=1S/C9H11N5OS3/c1-3-7-12-13-8(18-7)10-6(15)4-16-9-14-11-5(2)17-9/h3-4H2,1-2H3,(H,10,13,15). The van der Waals surface area contributed by atoms with E-state index in [0.717, 1.165) is 20.8 Å². The number of amides is 1. The first-order valence-corrected chi connectivity index (χ1v) is 7.84. The van der Waals surface area contributed by atoms with Gasteiger partial charge in [0.1, 0.15) is 10.0 Å². The quantitative estimate of drug-likeness (QED) is 0.851. The zero-order valence-electron chi connectivity index (χ0n) is 9.84. The Hall–Kier alpha value is -1.06. The zero-order chi connectivity index (χ0) is 13.0. The van der Waals surface area contributed by atoms with Crippen molar-refractivity contribution in [1.82, 2.24) is 20.4 Å². The summed E-state index contributed by atoms with van der Waals surface area (Å²) in [4.78, 5) is 11.7. The van der Waals surface area contributed by atoms with Crippen LogP contribution in [0.25, 0.3) is 0 Å². The van der Waals surface area contributed by atoms with Gasteiger partial charge in [-0.25, -0.2) is 0 Å². The van der Waals surface area contributed by atoms with Crippen LogP contribution in [0.3, 0.4) is 0 Å². The highest BCUT2D eigenvalue weighted by Gasteiger charge is 2.09. The lowest BCUT2D eigenvalue weighted by atomic mass is 10.5. The number of anilines is 1. The minimum absolute atomic E-state index is 0.105. The van der Waals surface area contributed by atoms with Gasteiger partial charge in [0.25, 0.3) is 0 Å². The number of thioether (sulfide) groups is 1. The van der Waals surface area contributed by atoms with Gasteiger partial charge in [-0.2, -0.15) is 0 Å². The Bertz CT molecular complexity index is 538. The number of carbonyl (C=O) groups is 1. The first-order valence-electron chi connectivity index (χ1n) is 5.22. The van der Waals surface area contributed by atoms with Crippen molar-refractivity contribution in [2.45, 2.75) is 24.6 Å². The van der Waals surface area contributed by atoms with E-state index in [-0.39, 0.29) is 5.91 Å². The molecule has 2 aromatic rings. The molecular weight excluding hydrogens is 290 g/mol. The lowest BCUT2D eigenvalue weighted by Gasteiger charge is -1.98. The Morgan fingerprint density at radius 1 is 1.28 bits per heavy atom. The van der Waals surface area contributed by atoms with Crippen LogP contribution in [0.15, 0.2) is 4.34 Å². The molecule has 0 spiro atoms. The van der Waals surface area contributed by atoms with E-state index in [1.54, 1.807) is 0 Å². The van der Waals surface area contributed by atoms with Gasteiger partial charge in [-0.3, -0.25) is 10.1 Å². The number of hydrogen-bond donors (Lipinski definition) is 1. The van der Waals surface area contributed by atoms with Crippen LogP contribution in [0.5, 0.6) is 0 Å².